The van der Waals surface area contributed by atoms with Crippen molar-refractivity contribution in [2.75, 3.05) is 31.1 Å². The summed E-state index contributed by atoms with van der Waals surface area (Å²) in [6.07, 6.45) is 1.65. The van der Waals surface area contributed by atoms with E-state index in [2.05, 4.69) is 10.3 Å². The molecule has 0 atom stereocenters. The second kappa shape index (κ2) is 9.62. The summed E-state index contributed by atoms with van der Waals surface area (Å²) in [6, 6.07) is 2.53. The van der Waals surface area contributed by atoms with Gasteiger partial charge in [-0.1, -0.05) is 11.6 Å². The summed E-state index contributed by atoms with van der Waals surface area (Å²) in [5.41, 5.74) is -0.366. The third-order valence-electron chi connectivity index (χ3n) is 6.21. The molecule has 2 amide bonds. The number of halogens is 4. The first-order valence-corrected chi connectivity index (χ1v) is 11.2. The van der Waals surface area contributed by atoms with E-state index in [1.807, 2.05) is 4.90 Å². The van der Waals surface area contributed by atoms with Crippen molar-refractivity contribution in [3.63, 3.8) is 0 Å². The van der Waals surface area contributed by atoms with E-state index >= 15 is 0 Å². The van der Waals surface area contributed by atoms with Gasteiger partial charge in [0, 0.05) is 44.3 Å². The largest absolute Gasteiger partial charge is 0.472 e. The number of pyridine rings is 1. The number of piperidine rings is 2. The molecule has 7 nitrogen and oxygen atoms in total. The highest BCUT2D eigenvalue weighted by atomic mass is 35.5. The Morgan fingerprint density at radius 2 is 1.82 bits per heavy atom. The lowest BCUT2D eigenvalue weighted by Crippen LogP contribution is -2.49. The number of anilines is 1. The van der Waals surface area contributed by atoms with Gasteiger partial charge in [-0.05, 0) is 37.8 Å². The normalized spacial score (nSPS) is 18.4. The number of nitrogens with zero attached hydrogens (tertiary/aromatic N) is 3. The summed E-state index contributed by atoms with van der Waals surface area (Å²) in [5.74, 6) is 0.0235. The number of hydrogen-bond donors (Lipinski definition) is 1. The average Bonchev–Trinajstić information content (AvgIpc) is 3.33. The Hall–Kier alpha value is -2.75. The number of furan rings is 1. The van der Waals surface area contributed by atoms with Crippen LogP contribution in [0.25, 0.3) is 0 Å². The zero-order valence-electron chi connectivity index (χ0n) is 17.8. The summed E-state index contributed by atoms with van der Waals surface area (Å²) in [7, 11) is 0. The van der Waals surface area contributed by atoms with E-state index in [-0.39, 0.29) is 28.8 Å². The summed E-state index contributed by atoms with van der Waals surface area (Å²) < 4.78 is 43.4. The van der Waals surface area contributed by atoms with Crippen LogP contribution in [0.5, 0.6) is 0 Å². The maximum Gasteiger partial charge on any atom is 0.417 e. The summed E-state index contributed by atoms with van der Waals surface area (Å²) >= 11 is 6.05. The van der Waals surface area contributed by atoms with Crippen molar-refractivity contribution in [2.24, 2.45) is 5.92 Å². The quantitative estimate of drug-likeness (QED) is 0.710. The molecule has 2 saturated heterocycles. The van der Waals surface area contributed by atoms with E-state index < -0.39 is 11.7 Å². The lowest BCUT2D eigenvalue weighted by Gasteiger charge is -2.35. The van der Waals surface area contributed by atoms with E-state index in [0.29, 0.717) is 63.2 Å². The van der Waals surface area contributed by atoms with Crippen molar-refractivity contribution >= 4 is 29.2 Å². The van der Waals surface area contributed by atoms with E-state index in [9.17, 15) is 22.8 Å². The average molecular weight is 485 g/mol. The number of nitrogens with one attached hydrogen (secondary N) is 1. The van der Waals surface area contributed by atoms with Crippen LogP contribution < -0.4 is 10.2 Å². The predicted molar refractivity (Wildman–Crippen MR) is 115 cm³/mol. The molecule has 2 aromatic heterocycles. The molecule has 1 N–H and O–H groups in total. The molecule has 0 spiro atoms. The summed E-state index contributed by atoms with van der Waals surface area (Å²) in [4.78, 5) is 32.6. The zero-order chi connectivity index (χ0) is 23.6. The molecule has 4 heterocycles. The molecular weight excluding hydrogens is 461 g/mol. The van der Waals surface area contributed by atoms with Crippen LogP contribution in [-0.4, -0.2) is 53.9 Å². The Labute approximate surface area is 193 Å². The highest BCUT2D eigenvalue weighted by Crippen LogP contribution is 2.34. The first kappa shape index (κ1) is 23.4. The van der Waals surface area contributed by atoms with Crippen LogP contribution >= 0.6 is 11.6 Å². The number of amides is 2. The van der Waals surface area contributed by atoms with Crippen LogP contribution in [0.4, 0.5) is 19.0 Å². The number of rotatable bonds is 4. The molecule has 2 aliphatic rings. The zero-order valence-corrected chi connectivity index (χ0v) is 18.5. The molecule has 4 rings (SSSR count). The first-order chi connectivity index (χ1) is 15.7. The summed E-state index contributed by atoms with van der Waals surface area (Å²) in [6.45, 7) is 2.08. The standard InChI is InChI=1S/C22H24ClF3N4O3/c23-18-11-16(22(24,25)26)12-27-19(18)29-6-1-14(2-7-29)20(31)28-17-3-8-30(9-4-17)21(32)15-5-10-33-13-15/h5,10-14,17H,1-4,6-9H2,(H,28,31). The molecule has 33 heavy (non-hydrogen) atoms. The molecule has 2 aromatic rings. The number of likely N-dealkylation sites (tertiary alicyclic amines) is 1. The van der Waals surface area contributed by atoms with E-state index in [1.165, 1.54) is 12.5 Å². The number of carbonyl (C=O) groups excluding carboxylic acids is 2. The van der Waals surface area contributed by atoms with Gasteiger partial charge in [-0.25, -0.2) is 4.98 Å². The van der Waals surface area contributed by atoms with E-state index in [1.54, 1.807) is 11.0 Å². The highest BCUT2D eigenvalue weighted by Gasteiger charge is 2.33. The predicted octanol–water partition coefficient (Wildman–Crippen LogP) is 3.98. The molecule has 0 radical (unpaired) electrons. The van der Waals surface area contributed by atoms with Crippen LogP contribution in [0.1, 0.15) is 41.6 Å². The number of aromatic nitrogens is 1. The van der Waals surface area contributed by atoms with Crippen molar-refractivity contribution in [3.05, 3.63) is 47.0 Å². The van der Waals surface area contributed by atoms with Crippen molar-refractivity contribution < 1.29 is 27.2 Å². The molecule has 0 bridgehead atoms. The van der Waals surface area contributed by atoms with Gasteiger partial charge in [0.25, 0.3) is 5.91 Å². The fourth-order valence-corrected chi connectivity index (χ4v) is 4.57. The maximum absolute atomic E-state index is 12.8. The van der Waals surface area contributed by atoms with Crippen LogP contribution in [-0.2, 0) is 11.0 Å². The van der Waals surface area contributed by atoms with Crippen LogP contribution in [0.2, 0.25) is 5.02 Å². The van der Waals surface area contributed by atoms with Gasteiger partial charge in [0.15, 0.2) is 0 Å². The SMILES string of the molecule is O=C(NC1CCN(C(=O)c2ccoc2)CC1)C1CCN(c2ncc(C(F)(F)F)cc2Cl)CC1. The number of hydrogen-bond acceptors (Lipinski definition) is 5. The Bertz CT molecular complexity index is 983. The van der Waals surface area contributed by atoms with Gasteiger partial charge in [0.1, 0.15) is 12.1 Å². The lowest BCUT2D eigenvalue weighted by atomic mass is 9.94. The summed E-state index contributed by atoms with van der Waals surface area (Å²) in [5, 5.41) is 3.04. The van der Waals surface area contributed by atoms with Gasteiger partial charge < -0.3 is 19.5 Å². The smallest absolute Gasteiger partial charge is 0.417 e. The van der Waals surface area contributed by atoms with Crippen molar-refractivity contribution in [1.29, 1.82) is 0 Å². The monoisotopic (exact) mass is 484 g/mol. The Kier molecular flexibility index (Phi) is 6.83. The molecule has 0 saturated carbocycles. The minimum Gasteiger partial charge on any atom is -0.472 e. The molecular formula is C22H24ClF3N4O3. The van der Waals surface area contributed by atoms with Gasteiger partial charge in [-0.15, -0.1) is 0 Å². The third-order valence-corrected chi connectivity index (χ3v) is 6.49. The van der Waals surface area contributed by atoms with Crippen LogP contribution in [0, 0.1) is 5.92 Å². The number of alkyl halides is 3. The molecule has 178 valence electrons. The van der Waals surface area contributed by atoms with Gasteiger partial charge >= 0.3 is 6.18 Å². The minimum atomic E-state index is -4.50. The van der Waals surface area contributed by atoms with E-state index in [0.717, 1.165) is 12.3 Å². The van der Waals surface area contributed by atoms with E-state index in [4.69, 9.17) is 16.0 Å². The number of carbonyl (C=O) groups is 2. The first-order valence-electron chi connectivity index (χ1n) is 10.8. The molecule has 0 unspecified atom stereocenters. The topological polar surface area (TPSA) is 78.7 Å². The Morgan fingerprint density at radius 1 is 1.12 bits per heavy atom. The fourth-order valence-electron chi connectivity index (χ4n) is 4.29. The van der Waals surface area contributed by atoms with Crippen LogP contribution in [0.15, 0.2) is 35.3 Å². The third kappa shape index (κ3) is 5.43. The molecule has 11 heteroatoms. The fraction of sp³-hybridized carbons (Fsp3) is 0.500. The van der Waals surface area contributed by atoms with Crippen LogP contribution in [0.3, 0.4) is 0 Å². The van der Waals surface area contributed by atoms with Crippen molar-refractivity contribution in [1.82, 2.24) is 15.2 Å². The van der Waals surface area contributed by atoms with Gasteiger partial charge in [-0.2, -0.15) is 13.2 Å². The van der Waals surface area contributed by atoms with Gasteiger partial charge in [0.2, 0.25) is 5.91 Å². The lowest BCUT2D eigenvalue weighted by molar-refractivity contribution is -0.137. The van der Waals surface area contributed by atoms with Gasteiger partial charge in [0.05, 0.1) is 22.4 Å². The Morgan fingerprint density at radius 3 is 2.39 bits per heavy atom. The minimum absolute atomic E-state index is 0.00922. The second-order valence-electron chi connectivity index (χ2n) is 8.38. The van der Waals surface area contributed by atoms with Crippen molar-refractivity contribution in [2.45, 2.75) is 37.9 Å². The van der Waals surface area contributed by atoms with Gasteiger partial charge in [-0.3, -0.25) is 9.59 Å². The Balaban J connectivity index is 1.24. The molecule has 2 aliphatic heterocycles. The molecule has 0 aromatic carbocycles. The molecule has 2 fully saturated rings. The second-order valence-corrected chi connectivity index (χ2v) is 8.78. The van der Waals surface area contributed by atoms with Crippen molar-refractivity contribution in [3.8, 4) is 0 Å². The maximum atomic E-state index is 12.8. The highest BCUT2D eigenvalue weighted by molar-refractivity contribution is 6.33. The molecule has 0 aliphatic carbocycles.